The Morgan fingerprint density at radius 2 is 0.538 bits per heavy atom. The van der Waals surface area contributed by atoms with Gasteiger partial charge in [0.15, 0.2) is 0 Å². The van der Waals surface area contributed by atoms with Crippen LogP contribution < -0.4 is 0 Å². The van der Waals surface area contributed by atoms with E-state index in [1.54, 1.807) is 0 Å². The van der Waals surface area contributed by atoms with E-state index in [0.29, 0.717) is 0 Å². The second kappa shape index (κ2) is 15.6. The first-order chi connectivity index (χ1) is 38.7. The van der Waals surface area contributed by atoms with Gasteiger partial charge in [-0.25, -0.2) is 0 Å². The summed E-state index contributed by atoms with van der Waals surface area (Å²) in [4.78, 5) is 2.56. The molecular formula is C73H44N4S. The highest BCUT2D eigenvalue weighted by atomic mass is 32.2. The molecule has 5 heterocycles. The minimum absolute atomic E-state index is 0.611. The van der Waals surface area contributed by atoms with E-state index < -0.39 is 5.41 Å². The first-order valence-corrected chi connectivity index (χ1v) is 27.7. The second-order valence-electron chi connectivity index (χ2n) is 21.2. The zero-order valence-electron chi connectivity index (χ0n) is 42.1. The Labute approximate surface area is 452 Å². The minimum atomic E-state index is -0.611. The maximum absolute atomic E-state index is 2.53. The van der Waals surface area contributed by atoms with Crippen molar-refractivity contribution in [1.29, 1.82) is 0 Å². The van der Waals surface area contributed by atoms with Crippen molar-refractivity contribution in [2.24, 2.45) is 0 Å². The van der Waals surface area contributed by atoms with Crippen LogP contribution in [0.25, 0.3) is 121 Å². The van der Waals surface area contributed by atoms with Crippen LogP contribution in [0.4, 0.5) is 0 Å². The SMILES string of the molecule is c1ccc2c(c1)Sc1ccc(-n3c4ccccc4c4cc(-n5c6ccccc6c6ccccc65)ccc43)cc1C21c2ccccc2-c2ccc(-n3c4ccccc4c4cc(-n5c6ccccc6c6ccccc65)ccc43)cc21. The average Bonchev–Trinajstić information content (AvgIpc) is 4.00. The van der Waals surface area contributed by atoms with E-state index in [1.807, 2.05) is 11.8 Å². The van der Waals surface area contributed by atoms with Crippen LogP contribution in [0, 0.1) is 0 Å². The van der Waals surface area contributed by atoms with Crippen molar-refractivity contribution in [3.05, 3.63) is 289 Å². The van der Waals surface area contributed by atoms with Gasteiger partial charge >= 0.3 is 0 Å². The van der Waals surface area contributed by atoms with Crippen LogP contribution in [-0.4, -0.2) is 18.3 Å². The van der Waals surface area contributed by atoms with Gasteiger partial charge in [0.05, 0.1) is 49.5 Å². The van der Waals surface area contributed by atoms with Gasteiger partial charge in [-0.1, -0.05) is 169 Å². The van der Waals surface area contributed by atoms with E-state index in [4.69, 9.17) is 0 Å². The van der Waals surface area contributed by atoms with Crippen LogP contribution in [0.1, 0.15) is 22.3 Å². The van der Waals surface area contributed by atoms with Gasteiger partial charge in [-0.15, -0.1) is 0 Å². The fraction of sp³-hybridized carbons (Fsp3) is 0.0137. The molecule has 5 heteroatoms. The van der Waals surface area contributed by atoms with E-state index >= 15 is 0 Å². The molecule has 0 saturated carbocycles. The van der Waals surface area contributed by atoms with Gasteiger partial charge in [-0.3, -0.25) is 0 Å². The van der Waals surface area contributed by atoms with Crippen molar-refractivity contribution in [2.45, 2.75) is 15.2 Å². The topological polar surface area (TPSA) is 19.7 Å². The Balaban J connectivity index is 0.859. The number of nitrogens with zero attached hydrogens (tertiary/aromatic N) is 4. The summed E-state index contributed by atoms with van der Waals surface area (Å²) in [6, 6.07) is 100. The first-order valence-electron chi connectivity index (χ1n) is 26.9. The van der Waals surface area contributed by atoms with Crippen molar-refractivity contribution >= 4 is 99.0 Å². The van der Waals surface area contributed by atoms with Gasteiger partial charge in [0.25, 0.3) is 0 Å². The largest absolute Gasteiger partial charge is 0.309 e. The van der Waals surface area contributed by atoms with E-state index in [2.05, 4.69) is 285 Å². The monoisotopic (exact) mass is 1010 g/mol. The molecule has 1 aliphatic carbocycles. The van der Waals surface area contributed by atoms with Crippen LogP contribution in [0.5, 0.6) is 0 Å². The number of hydrogen-bond donors (Lipinski definition) is 0. The smallest absolute Gasteiger partial charge is 0.0736 e. The lowest BCUT2D eigenvalue weighted by molar-refractivity contribution is 0.720. The molecular weight excluding hydrogens is 965 g/mol. The van der Waals surface area contributed by atoms with Gasteiger partial charge in [-0.2, -0.15) is 0 Å². The molecule has 0 saturated heterocycles. The zero-order valence-corrected chi connectivity index (χ0v) is 42.9. The molecule has 1 atom stereocenters. The lowest BCUT2D eigenvalue weighted by Crippen LogP contribution is -2.32. The minimum Gasteiger partial charge on any atom is -0.309 e. The normalized spacial score (nSPS) is 14.7. The zero-order chi connectivity index (χ0) is 50.8. The second-order valence-corrected chi connectivity index (χ2v) is 22.2. The van der Waals surface area contributed by atoms with Gasteiger partial charge in [-0.05, 0) is 143 Å². The van der Waals surface area contributed by atoms with Crippen LogP contribution in [0.3, 0.4) is 0 Å². The third kappa shape index (κ3) is 5.50. The van der Waals surface area contributed by atoms with Gasteiger partial charge in [0, 0.05) is 75.6 Å². The molecule has 2 aliphatic rings. The molecule has 1 spiro atoms. The highest BCUT2D eigenvalue weighted by molar-refractivity contribution is 7.99. The van der Waals surface area contributed by atoms with E-state index in [0.717, 1.165) is 22.7 Å². The quantitative estimate of drug-likeness (QED) is 0.172. The maximum atomic E-state index is 2.53. The van der Waals surface area contributed by atoms with Crippen molar-refractivity contribution in [1.82, 2.24) is 18.3 Å². The molecule has 18 rings (SSSR count). The molecule has 16 aromatic rings. The van der Waals surface area contributed by atoms with E-state index in [1.165, 1.54) is 130 Å². The van der Waals surface area contributed by atoms with Gasteiger partial charge in [0.1, 0.15) is 0 Å². The highest BCUT2D eigenvalue weighted by Gasteiger charge is 2.50. The molecule has 0 bridgehead atoms. The molecule has 4 aromatic heterocycles. The summed E-state index contributed by atoms with van der Waals surface area (Å²) in [5.74, 6) is 0. The van der Waals surface area contributed by atoms with Crippen LogP contribution in [0.2, 0.25) is 0 Å². The number of rotatable bonds is 4. The van der Waals surface area contributed by atoms with Gasteiger partial charge < -0.3 is 18.3 Å². The Kier molecular flexibility index (Phi) is 8.51. The summed E-state index contributed by atoms with van der Waals surface area (Å²) in [6.45, 7) is 0. The number of aromatic nitrogens is 4. The molecule has 0 radical (unpaired) electrons. The lowest BCUT2D eigenvalue weighted by Gasteiger charge is -2.40. The summed E-state index contributed by atoms with van der Waals surface area (Å²) >= 11 is 1.90. The summed E-state index contributed by atoms with van der Waals surface area (Å²) in [5, 5.41) is 9.98. The summed E-state index contributed by atoms with van der Waals surface area (Å²) in [5.41, 5.74) is 21.4. The summed E-state index contributed by atoms with van der Waals surface area (Å²) in [7, 11) is 0. The molecule has 12 aromatic carbocycles. The molecule has 78 heavy (non-hydrogen) atoms. The fourth-order valence-corrected chi connectivity index (χ4v) is 15.5. The molecule has 0 N–H and O–H groups in total. The number of fused-ring (bicyclic) bond motifs is 21. The predicted molar refractivity (Wildman–Crippen MR) is 325 cm³/mol. The molecule has 1 unspecified atom stereocenters. The molecule has 1 aliphatic heterocycles. The average molecular weight is 1010 g/mol. The van der Waals surface area contributed by atoms with Crippen LogP contribution in [-0.2, 0) is 5.41 Å². The standard InChI is InChI=1S/C73H44N4S/c1-8-24-59-49(17-1)50-37-33-47(76-67-30-14-6-22-55(67)57-41-45(34-38-69(57)76)74-63-26-10-2-18-51(63)52-19-3-11-27-64(52)74)43-61(50)73(59)60-25-9-16-32-71(60)78-72-40-36-48(44-62(72)73)77-68-31-15-7-23-56(68)58-42-46(35-39-70(58)77)75-65-28-12-4-20-53(65)54-21-5-13-29-66(54)75/h1-44H. The Hall–Kier alpha value is -9.81. The van der Waals surface area contributed by atoms with E-state index in [-0.39, 0.29) is 0 Å². The highest BCUT2D eigenvalue weighted by Crippen LogP contribution is 2.63. The predicted octanol–water partition coefficient (Wildman–Crippen LogP) is 18.9. The Bertz CT molecular complexity index is 5170. The Morgan fingerprint density at radius 1 is 0.218 bits per heavy atom. The molecule has 0 amide bonds. The van der Waals surface area contributed by atoms with Crippen LogP contribution >= 0.6 is 11.8 Å². The Morgan fingerprint density at radius 3 is 1.03 bits per heavy atom. The third-order valence-electron chi connectivity index (χ3n) is 17.4. The van der Waals surface area contributed by atoms with Crippen molar-refractivity contribution in [3.8, 4) is 33.9 Å². The fourth-order valence-electron chi connectivity index (χ4n) is 14.3. The maximum Gasteiger partial charge on any atom is 0.0736 e. The summed E-state index contributed by atoms with van der Waals surface area (Å²) < 4.78 is 9.87. The molecule has 362 valence electrons. The van der Waals surface area contributed by atoms with Crippen LogP contribution in [0.15, 0.2) is 277 Å². The number of benzene rings is 12. The number of para-hydroxylation sites is 6. The molecule has 0 fully saturated rings. The summed E-state index contributed by atoms with van der Waals surface area (Å²) in [6.07, 6.45) is 0. The van der Waals surface area contributed by atoms with Crippen molar-refractivity contribution < 1.29 is 0 Å². The third-order valence-corrected chi connectivity index (χ3v) is 18.6. The number of hydrogen-bond acceptors (Lipinski definition) is 1. The molecule has 4 nitrogen and oxygen atoms in total. The van der Waals surface area contributed by atoms with Crippen molar-refractivity contribution in [3.63, 3.8) is 0 Å². The van der Waals surface area contributed by atoms with Crippen molar-refractivity contribution in [2.75, 3.05) is 0 Å². The lowest BCUT2D eigenvalue weighted by atomic mass is 9.67. The van der Waals surface area contributed by atoms with Gasteiger partial charge in [0.2, 0.25) is 0 Å². The first kappa shape index (κ1) is 42.4. The van der Waals surface area contributed by atoms with E-state index in [9.17, 15) is 0 Å².